The van der Waals surface area contributed by atoms with E-state index in [4.69, 9.17) is 0 Å². The van der Waals surface area contributed by atoms with Crippen LogP contribution in [-0.4, -0.2) is 14.3 Å². The van der Waals surface area contributed by atoms with E-state index in [0.29, 0.717) is 0 Å². The van der Waals surface area contributed by atoms with Gasteiger partial charge in [0.05, 0.1) is 11.6 Å². The molecule has 0 saturated carbocycles. The summed E-state index contributed by atoms with van der Waals surface area (Å²) in [4.78, 5) is 3.71. The Bertz CT molecular complexity index is 720. The van der Waals surface area contributed by atoms with Crippen LogP contribution < -0.4 is 4.72 Å². The smallest absolute Gasteiger partial charge is 0.301 e. The van der Waals surface area contributed by atoms with Gasteiger partial charge in [0, 0.05) is 34.9 Å². The fourth-order valence-electron chi connectivity index (χ4n) is 2.24. The molecule has 1 aromatic heterocycles. The van der Waals surface area contributed by atoms with Crippen molar-refractivity contribution in [3.63, 3.8) is 0 Å². The molecule has 0 fully saturated rings. The molecule has 0 bridgehead atoms. The molecule has 0 aliphatic rings. The van der Waals surface area contributed by atoms with E-state index in [1.54, 1.807) is 27.7 Å². The summed E-state index contributed by atoms with van der Waals surface area (Å²) in [5.41, 5.74) is -1.01. The fraction of sp³-hybridized carbons (Fsp3) is 0.389. The van der Waals surface area contributed by atoms with E-state index in [2.05, 4.69) is 9.71 Å². The summed E-state index contributed by atoms with van der Waals surface area (Å²) in [6.07, 6.45) is 2.48. The van der Waals surface area contributed by atoms with Gasteiger partial charge in [-0.2, -0.15) is 8.78 Å². The summed E-state index contributed by atoms with van der Waals surface area (Å²) >= 11 is -1.45. The molecule has 0 saturated heterocycles. The first-order chi connectivity index (χ1) is 11.5. The first-order valence-electron chi connectivity index (χ1n) is 7.80. The van der Waals surface area contributed by atoms with Gasteiger partial charge in [0.2, 0.25) is 0 Å². The molecule has 0 aliphatic heterocycles. The van der Waals surface area contributed by atoms with Crippen LogP contribution in [-0.2, 0) is 17.3 Å². The Morgan fingerprint density at radius 1 is 1.12 bits per heavy atom. The highest BCUT2D eigenvalue weighted by molar-refractivity contribution is 7.90. The molecule has 2 atom stereocenters. The highest BCUT2D eigenvalue weighted by Crippen LogP contribution is 2.38. The molecular weight excluding hydrogens is 349 g/mol. The molecule has 0 aliphatic carbocycles. The maximum absolute atomic E-state index is 14.8. The van der Waals surface area contributed by atoms with E-state index < -0.39 is 39.5 Å². The molecule has 3 nitrogen and oxygen atoms in total. The van der Waals surface area contributed by atoms with Crippen LogP contribution in [0.2, 0.25) is 0 Å². The predicted molar refractivity (Wildman–Crippen MR) is 93.1 cm³/mol. The topological polar surface area (TPSA) is 48.0 Å². The van der Waals surface area contributed by atoms with Crippen molar-refractivity contribution in [3.05, 3.63) is 65.2 Å². The molecule has 25 heavy (non-hydrogen) atoms. The van der Waals surface area contributed by atoms with Crippen molar-refractivity contribution in [1.29, 1.82) is 0 Å². The van der Waals surface area contributed by atoms with E-state index in [0.717, 1.165) is 18.2 Å². The normalized spacial score (nSPS) is 15.0. The zero-order chi connectivity index (χ0) is 18.8. The number of pyridine rings is 1. The fourth-order valence-corrected chi connectivity index (χ4v) is 3.05. The molecule has 136 valence electrons. The molecule has 0 amide bonds. The van der Waals surface area contributed by atoms with Crippen LogP contribution in [0.15, 0.2) is 42.7 Å². The second kappa shape index (κ2) is 7.35. The standard InChI is InChI=1S/C18H21F3N2OS/c1-12(23-25(24)17(2,3)4)14-6-5-7-15(16(14)19)18(20,21)13-8-10-22-11-9-13/h5-12,23H,1-4H3. The SMILES string of the molecule is CC(N[S+]([O-])C(C)(C)C)c1cccc(C(F)(F)c2ccncc2)c1F. The summed E-state index contributed by atoms with van der Waals surface area (Å²) in [5, 5.41) is 0. The van der Waals surface area contributed by atoms with Gasteiger partial charge in [-0.05, 0) is 45.9 Å². The molecule has 0 spiro atoms. The van der Waals surface area contributed by atoms with E-state index >= 15 is 0 Å². The molecular formula is C18H21F3N2OS. The number of benzene rings is 1. The van der Waals surface area contributed by atoms with Gasteiger partial charge in [0.15, 0.2) is 0 Å². The minimum atomic E-state index is -3.49. The van der Waals surface area contributed by atoms with Crippen LogP contribution in [0.5, 0.6) is 0 Å². The molecule has 0 radical (unpaired) electrons. The number of hydrogen-bond donors (Lipinski definition) is 1. The predicted octanol–water partition coefficient (Wildman–Crippen LogP) is 4.47. The van der Waals surface area contributed by atoms with Crippen LogP contribution >= 0.6 is 0 Å². The zero-order valence-corrected chi connectivity index (χ0v) is 15.3. The Labute approximate surface area is 149 Å². The number of alkyl halides is 2. The average Bonchev–Trinajstić information content (AvgIpc) is 2.54. The lowest BCUT2D eigenvalue weighted by atomic mass is 9.96. The molecule has 7 heteroatoms. The summed E-state index contributed by atoms with van der Waals surface area (Å²) in [7, 11) is 0. The van der Waals surface area contributed by atoms with Crippen molar-refractivity contribution in [3.8, 4) is 0 Å². The second-order valence-electron chi connectivity index (χ2n) is 6.74. The van der Waals surface area contributed by atoms with Gasteiger partial charge in [-0.25, -0.2) is 4.39 Å². The quantitative estimate of drug-likeness (QED) is 0.790. The Kier molecular flexibility index (Phi) is 5.81. The maximum atomic E-state index is 14.8. The first-order valence-corrected chi connectivity index (χ1v) is 8.95. The lowest BCUT2D eigenvalue weighted by Gasteiger charge is -2.27. The minimum absolute atomic E-state index is 0.0452. The highest BCUT2D eigenvalue weighted by atomic mass is 32.2. The monoisotopic (exact) mass is 370 g/mol. The van der Waals surface area contributed by atoms with Gasteiger partial charge in [0.25, 0.3) is 0 Å². The molecule has 1 aromatic carbocycles. The summed E-state index contributed by atoms with van der Waals surface area (Å²) in [6, 6.07) is 5.48. The van der Waals surface area contributed by atoms with E-state index in [1.165, 1.54) is 24.5 Å². The number of hydrogen-bond acceptors (Lipinski definition) is 3. The number of aromatic nitrogens is 1. The van der Waals surface area contributed by atoms with Crippen molar-refractivity contribution in [2.24, 2.45) is 0 Å². The second-order valence-corrected chi connectivity index (χ2v) is 8.74. The van der Waals surface area contributed by atoms with Gasteiger partial charge in [-0.1, -0.05) is 12.1 Å². The Morgan fingerprint density at radius 3 is 2.28 bits per heavy atom. The van der Waals surface area contributed by atoms with Gasteiger partial charge >= 0.3 is 5.92 Å². The molecule has 2 rings (SSSR count). The maximum Gasteiger partial charge on any atom is 0.301 e. The highest BCUT2D eigenvalue weighted by Gasteiger charge is 2.38. The van der Waals surface area contributed by atoms with Crippen molar-refractivity contribution < 1.29 is 17.7 Å². The Hall–Kier alpha value is -1.57. The average molecular weight is 370 g/mol. The van der Waals surface area contributed by atoms with Crippen LogP contribution in [0.4, 0.5) is 13.2 Å². The lowest BCUT2D eigenvalue weighted by Crippen LogP contribution is -2.40. The van der Waals surface area contributed by atoms with Crippen molar-refractivity contribution in [1.82, 2.24) is 9.71 Å². The van der Waals surface area contributed by atoms with Gasteiger partial charge < -0.3 is 4.55 Å². The lowest BCUT2D eigenvalue weighted by molar-refractivity contribution is 0.0385. The van der Waals surface area contributed by atoms with Crippen LogP contribution in [0.25, 0.3) is 0 Å². The third kappa shape index (κ3) is 4.34. The number of halogens is 3. The number of nitrogens with one attached hydrogen (secondary N) is 1. The minimum Gasteiger partial charge on any atom is -0.598 e. The van der Waals surface area contributed by atoms with Gasteiger partial charge in [0.1, 0.15) is 10.6 Å². The van der Waals surface area contributed by atoms with Crippen LogP contribution in [0, 0.1) is 5.82 Å². The Balaban J connectivity index is 2.37. The third-order valence-corrected chi connectivity index (χ3v) is 5.40. The molecule has 2 aromatic rings. The van der Waals surface area contributed by atoms with E-state index in [9.17, 15) is 17.7 Å². The molecule has 1 N–H and O–H groups in total. The third-order valence-electron chi connectivity index (χ3n) is 3.72. The van der Waals surface area contributed by atoms with Crippen molar-refractivity contribution in [2.45, 2.75) is 44.4 Å². The van der Waals surface area contributed by atoms with Gasteiger partial charge in [-0.3, -0.25) is 4.98 Å². The zero-order valence-electron chi connectivity index (χ0n) is 14.5. The Morgan fingerprint density at radius 2 is 1.72 bits per heavy atom. The van der Waals surface area contributed by atoms with E-state index in [-0.39, 0.29) is 11.1 Å². The summed E-state index contributed by atoms with van der Waals surface area (Å²) in [5.74, 6) is -4.50. The van der Waals surface area contributed by atoms with Crippen molar-refractivity contribution >= 4 is 11.4 Å². The molecule has 1 heterocycles. The molecule has 2 unspecified atom stereocenters. The van der Waals surface area contributed by atoms with Crippen molar-refractivity contribution in [2.75, 3.05) is 0 Å². The first kappa shape index (κ1) is 19.8. The number of rotatable bonds is 5. The van der Waals surface area contributed by atoms with Crippen LogP contribution in [0.1, 0.15) is 50.4 Å². The summed E-state index contributed by atoms with van der Waals surface area (Å²) < 4.78 is 58.6. The summed E-state index contributed by atoms with van der Waals surface area (Å²) in [6.45, 7) is 6.91. The number of nitrogens with zero attached hydrogens (tertiary/aromatic N) is 1. The van der Waals surface area contributed by atoms with Crippen LogP contribution in [0.3, 0.4) is 0 Å². The van der Waals surface area contributed by atoms with E-state index in [1.807, 2.05) is 0 Å². The largest absolute Gasteiger partial charge is 0.598 e. The van der Waals surface area contributed by atoms with Gasteiger partial charge in [-0.15, -0.1) is 4.72 Å².